The Labute approximate surface area is 234 Å². The van der Waals surface area contributed by atoms with Crippen molar-refractivity contribution < 1.29 is 33.5 Å². The van der Waals surface area contributed by atoms with Crippen LogP contribution in [0.2, 0.25) is 0 Å². The lowest BCUT2D eigenvalue weighted by Crippen LogP contribution is -2.36. The van der Waals surface area contributed by atoms with Gasteiger partial charge < -0.3 is 41.4 Å². The van der Waals surface area contributed by atoms with Crippen molar-refractivity contribution in [1.29, 1.82) is 0 Å². The maximum atomic E-state index is 12.1. The summed E-state index contributed by atoms with van der Waals surface area (Å²) in [6.07, 6.45) is 4.63. The van der Waals surface area contributed by atoms with Crippen LogP contribution in [0.1, 0.15) is 50.5 Å². The summed E-state index contributed by atoms with van der Waals surface area (Å²) in [4.78, 5) is 69.1. The van der Waals surface area contributed by atoms with E-state index in [4.69, 9.17) is 4.74 Å². The minimum absolute atomic E-state index is 0.142. The number of carbonyl (C=O) groups excluding carboxylic acids is 6. The normalized spacial score (nSPS) is 10.2. The molecule has 0 heterocycles. The van der Waals surface area contributed by atoms with E-state index in [0.29, 0.717) is 38.2 Å². The van der Waals surface area contributed by atoms with E-state index in [-0.39, 0.29) is 56.8 Å². The van der Waals surface area contributed by atoms with Gasteiger partial charge in [-0.15, -0.1) is 0 Å². The number of ether oxygens (including phenoxy) is 1. The highest BCUT2D eigenvalue weighted by Gasteiger charge is 2.10. The lowest BCUT2D eigenvalue weighted by atomic mass is 10.1. The Morgan fingerprint density at radius 2 is 1.43 bits per heavy atom. The average Bonchev–Trinajstić information content (AvgIpc) is 2.93. The monoisotopic (exact) mass is 562 g/mol. The molecule has 40 heavy (non-hydrogen) atoms. The van der Waals surface area contributed by atoms with Crippen molar-refractivity contribution in [1.82, 2.24) is 26.6 Å². The molecule has 6 N–H and O–H groups in total. The fraction of sp³-hybridized carbons (Fsp3) is 0.556. The summed E-state index contributed by atoms with van der Waals surface area (Å²) in [5.41, 5.74) is 1.24. The van der Waals surface area contributed by atoms with Gasteiger partial charge >= 0.3 is 6.03 Å². The van der Waals surface area contributed by atoms with Crippen molar-refractivity contribution in [2.24, 2.45) is 0 Å². The van der Waals surface area contributed by atoms with E-state index >= 15 is 0 Å². The summed E-state index contributed by atoms with van der Waals surface area (Å²) in [6.45, 7) is 2.22. The van der Waals surface area contributed by atoms with Crippen molar-refractivity contribution >= 4 is 41.6 Å². The third-order valence-corrected chi connectivity index (χ3v) is 5.48. The van der Waals surface area contributed by atoms with Crippen LogP contribution in [0.25, 0.3) is 0 Å². The van der Waals surface area contributed by atoms with E-state index in [2.05, 4.69) is 31.9 Å². The summed E-state index contributed by atoms with van der Waals surface area (Å²) < 4.78 is 5.42. The van der Waals surface area contributed by atoms with Crippen LogP contribution in [-0.4, -0.2) is 82.4 Å². The molecular formula is C27H42N6O7. The molecule has 0 aromatic heterocycles. The van der Waals surface area contributed by atoms with Crippen LogP contribution in [-0.2, 0) is 35.1 Å². The van der Waals surface area contributed by atoms with Crippen molar-refractivity contribution in [3.63, 3.8) is 0 Å². The Morgan fingerprint density at radius 3 is 2.12 bits per heavy atom. The highest BCUT2D eigenvalue weighted by atomic mass is 16.5. The molecule has 1 aromatic carbocycles. The molecule has 0 fully saturated rings. The smallest absolute Gasteiger partial charge is 0.314 e. The zero-order chi connectivity index (χ0) is 29.4. The van der Waals surface area contributed by atoms with Crippen LogP contribution in [0, 0.1) is 0 Å². The zero-order valence-corrected chi connectivity index (χ0v) is 23.1. The van der Waals surface area contributed by atoms with Crippen LogP contribution in [0.15, 0.2) is 24.3 Å². The quantitative estimate of drug-likeness (QED) is 0.0711. The number of aldehydes is 1. The Hall–Kier alpha value is -4.00. The maximum absolute atomic E-state index is 12.1. The van der Waals surface area contributed by atoms with Crippen LogP contribution in [0.4, 0.5) is 10.5 Å². The molecule has 13 heteroatoms. The molecule has 0 aliphatic rings. The van der Waals surface area contributed by atoms with Gasteiger partial charge in [-0.1, -0.05) is 18.6 Å². The molecule has 13 nitrogen and oxygen atoms in total. The number of benzene rings is 1. The third kappa shape index (κ3) is 18.3. The second kappa shape index (κ2) is 21.9. The standard InChI is InChI=1S/C27H42N6O7/c1-28-23(35)11-14-29-24(36)19-21-7-9-22(10-8-21)33-26(38)20-25(37)30-15-18-40-17-6-13-32-27(39)31-12-4-2-3-5-16-34/h7-10,16H,2-6,11-15,17-20H2,1H3,(H,28,35)(H,29,36)(H,30,37)(H,33,38)(H2,31,32,39). The fourth-order valence-corrected chi connectivity index (χ4v) is 3.34. The first-order valence-electron chi connectivity index (χ1n) is 13.5. The molecule has 0 bridgehead atoms. The topological polar surface area (TPSA) is 184 Å². The van der Waals surface area contributed by atoms with E-state index in [1.165, 1.54) is 7.05 Å². The predicted octanol–water partition coefficient (Wildman–Crippen LogP) is 0.391. The first-order chi connectivity index (χ1) is 19.3. The molecular weight excluding hydrogens is 520 g/mol. The van der Waals surface area contributed by atoms with Gasteiger partial charge in [0.2, 0.25) is 23.6 Å². The van der Waals surface area contributed by atoms with Crippen molar-refractivity contribution in [2.45, 2.75) is 51.4 Å². The Morgan fingerprint density at radius 1 is 0.725 bits per heavy atom. The predicted molar refractivity (Wildman–Crippen MR) is 149 cm³/mol. The number of hydrogen-bond donors (Lipinski definition) is 6. The average molecular weight is 563 g/mol. The van der Waals surface area contributed by atoms with Gasteiger partial charge in [0.05, 0.1) is 13.0 Å². The molecule has 222 valence electrons. The molecule has 0 saturated heterocycles. The summed E-state index contributed by atoms with van der Waals surface area (Å²) in [6, 6.07) is 6.45. The van der Waals surface area contributed by atoms with Gasteiger partial charge in [0.1, 0.15) is 12.7 Å². The summed E-state index contributed by atoms with van der Waals surface area (Å²) in [5, 5.41) is 15.9. The number of urea groups is 1. The van der Waals surface area contributed by atoms with Gasteiger partial charge in [-0.2, -0.15) is 0 Å². The summed E-state index contributed by atoms with van der Waals surface area (Å²) in [5.74, 6) is -1.27. The van der Waals surface area contributed by atoms with Crippen molar-refractivity contribution in [3.05, 3.63) is 29.8 Å². The van der Waals surface area contributed by atoms with Gasteiger partial charge in [0, 0.05) is 58.4 Å². The third-order valence-electron chi connectivity index (χ3n) is 5.48. The maximum Gasteiger partial charge on any atom is 0.314 e. The second-order valence-corrected chi connectivity index (χ2v) is 8.89. The molecule has 0 saturated carbocycles. The molecule has 0 aliphatic heterocycles. The van der Waals surface area contributed by atoms with Crippen molar-refractivity contribution in [3.8, 4) is 0 Å². The number of hydrogen-bond acceptors (Lipinski definition) is 7. The number of carbonyl (C=O) groups is 6. The summed E-state index contributed by atoms with van der Waals surface area (Å²) >= 11 is 0. The van der Waals surface area contributed by atoms with Crippen molar-refractivity contribution in [2.75, 3.05) is 51.8 Å². The van der Waals surface area contributed by atoms with Gasteiger partial charge in [-0.3, -0.25) is 19.2 Å². The SMILES string of the molecule is CNC(=O)CCNC(=O)Cc1ccc(NC(=O)CC(=O)NCCOCCCNC(=O)NCCCCCC=O)cc1. The van der Waals surface area contributed by atoms with Crippen LogP contribution in [0.3, 0.4) is 0 Å². The van der Waals surface area contributed by atoms with E-state index in [9.17, 15) is 28.8 Å². The van der Waals surface area contributed by atoms with E-state index < -0.39 is 11.8 Å². The van der Waals surface area contributed by atoms with Gasteiger partial charge in [-0.05, 0) is 37.0 Å². The number of nitrogens with one attached hydrogen (secondary N) is 6. The number of rotatable bonds is 21. The molecule has 1 rings (SSSR count). The van der Waals surface area contributed by atoms with Gasteiger partial charge in [0.25, 0.3) is 0 Å². The molecule has 0 radical (unpaired) electrons. The second-order valence-electron chi connectivity index (χ2n) is 8.89. The lowest BCUT2D eigenvalue weighted by molar-refractivity contribution is -0.127. The van der Waals surface area contributed by atoms with E-state index in [0.717, 1.165) is 31.1 Å². The molecule has 0 atom stereocenters. The highest BCUT2D eigenvalue weighted by molar-refractivity contribution is 6.03. The first kappa shape index (κ1) is 34.0. The highest BCUT2D eigenvalue weighted by Crippen LogP contribution is 2.10. The van der Waals surface area contributed by atoms with Gasteiger partial charge in [-0.25, -0.2) is 4.79 Å². The fourth-order valence-electron chi connectivity index (χ4n) is 3.34. The van der Waals surface area contributed by atoms with Gasteiger partial charge in [0.15, 0.2) is 0 Å². The molecule has 0 aliphatic carbocycles. The summed E-state index contributed by atoms with van der Waals surface area (Å²) in [7, 11) is 1.53. The first-order valence-corrected chi connectivity index (χ1v) is 13.5. The minimum atomic E-state index is -0.469. The number of anilines is 1. The largest absolute Gasteiger partial charge is 0.380 e. The molecule has 6 amide bonds. The number of unbranched alkanes of at least 4 members (excludes halogenated alkanes) is 3. The lowest BCUT2D eigenvalue weighted by Gasteiger charge is -2.09. The minimum Gasteiger partial charge on any atom is -0.380 e. The molecule has 1 aromatic rings. The van der Waals surface area contributed by atoms with Crippen LogP contribution >= 0.6 is 0 Å². The van der Waals surface area contributed by atoms with Crippen LogP contribution < -0.4 is 31.9 Å². The Balaban J connectivity index is 2.07. The van der Waals surface area contributed by atoms with E-state index in [1.807, 2.05) is 0 Å². The number of amides is 6. The Kier molecular flexibility index (Phi) is 18.6. The Bertz CT molecular complexity index is 940. The molecule has 0 unspecified atom stereocenters. The van der Waals surface area contributed by atoms with Crippen LogP contribution in [0.5, 0.6) is 0 Å². The zero-order valence-electron chi connectivity index (χ0n) is 23.1. The molecule has 0 spiro atoms. The van der Waals surface area contributed by atoms with E-state index in [1.54, 1.807) is 24.3 Å².